The van der Waals surface area contributed by atoms with Crippen molar-refractivity contribution in [3.63, 3.8) is 0 Å². The molecule has 0 bridgehead atoms. The van der Waals surface area contributed by atoms with E-state index in [9.17, 15) is 18.8 Å². The molecule has 0 aliphatic rings. The number of carbonyl (C=O) groups excluding carboxylic acids is 1. The van der Waals surface area contributed by atoms with Gasteiger partial charge in [0, 0.05) is 18.2 Å². The maximum atomic E-state index is 14.0. The standard InChI is InChI=1S/C25H29FN6O4S.C2H6OS/c1-14(2)29-23(34)25(4,5)31-20(33)19-15(3)21(32-27-10-11-28-32)37-22(19)30(24(31)35)12-9-16-13-17(26)7-8-18(16)36-6;1-2-3-4/h7-8,10-11,13-14H,9,12H2,1-6H3,(H,29,34);4H,2H2,1H3. The SMILES string of the molecule is CCOS.COc1ccc(F)cc1CCn1c(=O)n(C(C)(C)C(=O)NC(C)C)c(=O)c2c(C)c(-n3nccn3)sc21. The Morgan fingerprint density at radius 2 is 1.85 bits per heavy atom. The first-order valence-corrected chi connectivity index (χ1v) is 14.1. The van der Waals surface area contributed by atoms with Crippen LogP contribution in [0.3, 0.4) is 0 Å². The van der Waals surface area contributed by atoms with Gasteiger partial charge >= 0.3 is 5.69 Å². The van der Waals surface area contributed by atoms with Crippen molar-refractivity contribution in [3.8, 4) is 10.8 Å². The Hall–Kier alpha value is -3.49. The number of nitrogens with one attached hydrogen (secondary N) is 1. The second-order valence-electron chi connectivity index (χ2n) is 9.92. The third-order valence-corrected chi connectivity index (χ3v) is 7.84. The lowest BCUT2D eigenvalue weighted by Gasteiger charge is -2.27. The van der Waals surface area contributed by atoms with E-state index in [1.165, 1.54) is 72.3 Å². The predicted octanol–water partition coefficient (Wildman–Crippen LogP) is 3.63. The number of carbonyl (C=O) groups is 1. The maximum absolute atomic E-state index is 14.0. The zero-order valence-electron chi connectivity index (χ0n) is 24.1. The van der Waals surface area contributed by atoms with Gasteiger partial charge in [-0.25, -0.2) is 13.8 Å². The van der Waals surface area contributed by atoms with Gasteiger partial charge < -0.3 is 14.2 Å². The van der Waals surface area contributed by atoms with Crippen molar-refractivity contribution < 1.29 is 18.1 Å². The molecule has 0 radical (unpaired) electrons. The van der Waals surface area contributed by atoms with E-state index in [4.69, 9.17) is 4.74 Å². The molecule has 0 atom stereocenters. The molecule has 4 aromatic rings. The van der Waals surface area contributed by atoms with E-state index in [-0.39, 0.29) is 19.0 Å². The molecule has 1 amide bonds. The molecule has 0 saturated carbocycles. The molecule has 0 saturated heterocycles. The molecule has 0 aliphatic heterocycles. The highest BCUT2D eigenvalue weighted by Gasteiger charge is 2.35. The van der Waals surface area contributed by atoms with Crippen LogP contribution in [-0.2, 0) is 27.5 Å². The summed E-state index contributed by atoms with van der Waals surface area (Å²) in [6.45, 7) is 11.1. The minimum atomic E-state index is -1.48. The molecule has 0 aliphatic carbocycles. The second kappa shape index (κ2) is 13.4. The summed E-state index contributed by atoms with van der Waals surface area (Å²) in [7, 11) is 1.49. The minimum Gasteiger partial charge on any atom is -0.496 e. The zero-order valence-corrected chi connectivity index (χ0v) is 25.8. The molecule has 0 unspecified atom stereocenters. The molecule has 222 valence electrons. The van der Waals surface area contributed by atoms with Gasteiger partial charge in [-0.2, -0.15) is 10.2 Å². The van der Waals surface area contributed by atoms with Gasteiger partial charge in [-0.05, 0) is 84.6 Å². The van der Waals surface area contributed by atoms with Gasteiger partial charge in [-0.3, -0.25) is 14.2 Å². The number of methoxy groups -OCH3 is 1. The first kappa shape index (κ1) is 32.0. The van der Waals surface area contributed by atoms with Crippen molar-refractivity contribution in [3.05, 3.63) is 68.4 Å². The monoisotopic (exact) mass is 606 g/mol. The average Bonchev–Trinajstić information content (AvgIpc) is 3.56. The number of halogens is 1. The van der Waals surface area contributed by atoms with Crippen molar-refractivity contribution in [2.24, 2.45) is 0 Å². The summed E-state index contributed by atoms with van der Waals surface area (Å²) in [4.78, 5) is 42.6. The van der Waals surface area contributed by atoms with Crippen LogP contribution < -0.4 is 21.3 Å². The third-order valence-electron chi connectivity index (χ3n) is 6.30. The Kier molecular flexibility index (Phi) is 10.5. The highest BCUT2D eigenvalue weighted by atomic mass is 32.1. The fraction of sp³-hybridized carbons (Fsp3) is 0.444. The number of benzene rings is 1. The predicted molar refractivity (Wildman–Crippen MR) is 160 cm³/mol. The number of thiophene rings is 1. The fourth-order valence-corrected chi connectivity index (χ4v) is 5.49. The van der Waals surface area contributed by atoms with Crippen LogP contribution in [0, 0.1) is 12.7 Å². The van der Waals surface area contributed by atoms with E-state index in [1.807, 2.05) is 6.92 Å². The van der Waals surface area contributed by atoms with E-state index in [1.54, 1.807) is 20.8 Å². The van der Waals surface area contributed by atoms with Crippen LogP contribution in [0.25, 0.3) is 15.2 Å². The maximum Gasteiger partial charge on any atom is 0.333 e. The van der Waals surface area contributed by atoms with E-state index in [0.29, 0.717) is 38.7 Å². The smallest absolute Gasteiger partial charge is 0.333 e. The Bertz CT molecular complexity index is 1620. The molecule has 0 fully saturated rings. The molecular formula is C27H35FN6O5S2. The Labute approximate surface area is 246 Å². The van der Waals surface area contributed by atoms with Crippen LogP contribution in [-0.4, -0.2) is 49.8 Å². The van der Waals surface area contributed by atoms with Crippen LogP contribution in [0.2, 0.25) is 0 Å². The van der Waals surface area contributed by atoms with Crippen LogP contribution in [0.1, 0.15) is 45.7 Å². The van der Waals surface area contributed by atoms with Crippen LogP contribution >= 0.6 is 24.2 Å². The number of hydrogen-bond donors (Lipinski definition) is 2. The first-order chi connectivity index (χ1) is 19.4. The molecule has 41 heavy (non-hydrogen) atoms. The van der Waals surface area contributed by atoms with Gasteiger partial charge in [-0.1, -0.05) is 11.3 Å². The summed E-state index contributed by atoms with van der Waals surface area (Å²) in [5, 5.41) is 12.0. The quantitative estimate of drug-likeness (QED) is 0.220. The number of nitrogens with zero attached hydrogens (tertiary/aromatic N) is 5. The van der Waals surface area contributed by atoms with Gasteiger partial charge in [0.05, 0.1) is 31.5 Å². The molecule has 1 N–H and O–H groups in total. The molecule has 14 heteroatoms. The number of ether oxygens (including phenoxy) is 1. The zero-order chi connectivity index (χ0) is 30.5. The molecule has 4 rings (SSSR count). The number of thiol groups is 1. The Balaban J connectivity index is 0.00000108. The van der Waals surface area contributed by atoms with Gasteiger partial charge in [0.15, 0.2) is 0 Å². The average molecular weight is 607 g/mol. The Morgan fingerprint density at radius 3 is 2.41 bits per heavy atom. The summed E-state index contributed by atoms with van der Waals surface area (Å²) in [6, 6.07) is 4.00. The van der Waals surface area contributed by atoms with E-state index in [2.05, 4.69) is 32.6 Å². The van der Waals surface area contributed by atoms with Crippen LogP contribution in [0.5, 0.6) is 5.75 Å². The molecular weight excluding hydrogens is 571 g/mol. The van der Waals surface area contributed by atoms with Crippen molar-refractivity contribution in [2.45, 2.75) is 66.1 Å². The number of aromatic nitrogens is 5. The molecule has 0 spiro atoms. The molecule has 3 aromatic heterocycles. The minimum absolute atomic E-state index is 0.114. The topological polar surface area (TPSA) is 122 Å². The summed E-state index contributed by atoms with van der Waals surface area (Å²) < 4.78 is 26.0. The first-order valence-electron chi connectivity index (χ1n) is 12.9. The van der Waals surface area contributed by atoms with Gasteiger partial charge in [0.1, 0.15) is 26.9 Å². The van der Waals surface area contributed by atoms with E-state index >= 15 is 0 Å². The number of fused-ring (bicyclic) bond motifs is 1. The van der Waals surface area contributed by atoms with Crippen molar-refractivity contribution in [2.75, 3.05) is 13.7 Å². The van der Waals surface area contributed by atoms with Crippen molar-refractivity contribution in [1.29, 1.82) is 0 Å². The molecule has 11 nitrogen and oxygen atoms in total. The van der Waals surface area contributed by atoms with Crippen molar-refractivity contribution in [1.82, 2.24) is 29.4 Å². The number of rotatable bonds is 9. The van der Waals surface area contributed by atoms with Gasteiger partial charge in [-0.15, -0.1) is 4.80 Å². The van der Waals surface area contributed by atoms with Crippen LogP contribution in [0.4, 0.5) is 4.39 Å². The fourth-order valence-electron chi connectivity index (χ4n) is 4.25. The van der Waals surface area contributed by atoms with E-state index < -0.39 is 28.5 Å². The van der Waals surface area contributed by atoms with Crippen molar-refractivity contribution >= 4 is 40.4 Å². The highest BCUT2D eigenvalue weighted by molar-refractivity contribution is 7.75. The number of amides is 1. The largest absolute Gasteiger partial charge is 0.496 e. The van der Waals surface area contributed by atoms with E-state index in [0.717, 1.165) is 4.57 Å². The number of aryl methyl sites for hydroxylation is 3. The lowest BCUT2D eigenvalue weighted by molar-refractivity contribution is -0.129. The van der Waals surface area contributed by atoms with Gasteiger partial charge in [0.2, 0.25) is 5.91 Å². The summed E-state index contributed by atoms with van der Waals surface area (Å²) in [6.07, 6.45) is 3.29. The lowest BCUT2D eigenvalue weighted by Crippen LogP contribution is -2.56. The second-order valence-corrected chi connectivity index (χ2v) is 11.2. The molecule has 1 aromatic carbocycles. The summed E-state index contributed by atoms with van der Waals surface area (Å²) >= 11 is 4.63. The summed E-state index contributed by atoms with van der Waals surface area (Å²) in [5.74, 6) is -0.399. The highest BCUT2D eigenvalue weighted by Crippen LogP contribution is 2.31. The normalized spacial score (nSPS) is 11.5. The number of hydrogen-bond acceptors (Lipinski definition) is 9. The third kappa shape index (κ3) is 6.71. The molecule has 3 heterocycles. The van der Waals surface area contributed by atoms with Crippen LogP contribution in [0.15, 0.2) is 40.2 Å². The lowest BCUT2D eigenvalue weighted by atomic mass is 10.0. The Morgan fingerprint density at radius 1 is 1.22 bits per heavy atom. The van der Waals surface area contributed by atoms with Gasteiger partial charge in [0.25, 0.3) is 5.56 Å². The summed E-state index contributed by atoms with van der Waals surface area (Å²) in [5.41, 5.74) is -1.54.